The molecule has 3 N–H and O–H groups in total. The Balaban J connectivity index is 2.91. The van der Waals surface area contributed by atoms with Crippen LogP contribution in [-0.2, 0) is 4.79 Å². The molecule has 1 unspecified atom stereocenters. The van der Waals surface area contributed by atoms with Crippen LogP contribution in [-0.4, -0.2) is 17.4 Å². The SMILES string of the molecule is NC(C(=O)O)c1cccc(OC(F)(F)F)c1. The van der Waals surface area contributed by atoms with E-state index in [1.54, 1.807) is 0 Å². The first-order valence-electron chi connectivity index (χ1n) is 4.13. The summed E-state index contributed by atoms with van der Waals surface area (Å²) < 4.78 is 39.2. The molecule has 0 bridgehead atoms. The van der Waals surface area contributed by atoms with Crippen molar-refractivity contribution in [1.29, 1.82) is 0 Å². The van der Waals surface area contributed by atoms with Gasteiger partial charge in [-0.2, -0.15) is 0 Å². The van der Waals surface area contributed by atoms with Gasteiger partial charge >= 0.3 is 12.3 Å². The first-order chi connectivity index (χ1) is 7.29. The van der Waals surface area contributed by atoms with Crippen molar-refractivity contribution in [3.05, 3.63) is 29.8 Å². The number of halogens is 3. The summed E-state index contributed by atoms with van der Waals surface area (Å²) in [6.07, 6.45) is -4.81. The average molecular weight is 235 g/mol. The maximum Gasteiger partial charge on any atom is 0.573 e. The number of carboxylic acid groups (broad SMARTS) is 1. The van der Waals surface area contributed by atoms with Crippen LogP contribution in [0, 0.1) is 0 Å². The Bertz CT molecular complexity index is 392. The van der Waals surface area contributed by atoms with Crippen molar-refractivity contribution in [2.75, 3.05) is 0 Å². The van der Waals surface area contributed by atoms with E-state index in [1.807, 2.05) is 0 Å². The number of carboxylic acids is 1. The Morgan fingerprint density at radius 3 is 2.56 bits per heavy atom. The average Bonchev–Trinajstić information content (AvgIpc) is 2.14. The van der Waals surface area contributed by atoms with Gasteiger partial charge in [0.1, 0.15) is 11.8 Å². The van der Waals surface area contributed by atoms with Crippen LogP contribution in [0.3, 0.4) is 0 Å². The summed E-state index contributed by atoms with van der Waals surface area (Å²) in [6.45, 7) is 0. The number of benzene rings is 1. The number of hydrogen-bond acceptors (Lipinski definition) is 3. The van der Waals surface area contributed by atoms with Crippen molar-refractivity contribution in [3.63, 3.8) is 0 Å². The fourth-order valence-electron chi connectivity index (χ4n) is 1.05. The molecule has 88 valence electrons. The Hall–Kier alpha value is -1.76. The second-order valence-electron chi connectivity index (χ2n) is 2.94. The summed E-state index contributed by atoms with van der Waals surface area (Å²) in [5.74, 6) is -1.83. The van der Waals surface area contributed by atoms with E-state index in [0.717, 1.165) is 12.1 Å². The quantitative estimate of drug-likeness (QED) is 0.835. The van der Waals surface area contributed by atoms with Gasteiger partial charge in [-0.15, -0.1) is 13.2 Å². The largest absolute Gasteiger partial charge is 0.573 e. The van der Waals surface area contributed by atoms with Gasteiger partial charge in [-0.3, -0.25) is 4.79 Å². The van der Waals surface area contributed by atoms with E-state index in [1.165, 1.54) is 12.1 Å². The Labute approximate surface area is 88.4 Å². The lowest BCUT2D eigenvalue weighted by atomic mass is 10.1. The summed E-state index contributed by atoms with van der Waals surface area (Å²) in [6, 6.07) is 3.16. The Kier molecular flexibility index (Phi) is 3.38. The fourth-order valence-corrected chi connectivity index (χ4v) is 1.05. The van der Waals surface area contributed by atoms with E-state index in [2.05, 4.69) is 4.74 Å². The number of alkyl halides is 3. The van der Waals surface area contributed by atoms with E-state index < -0.39 is 24.1 Å². The highest BCUT2D eigenvalue weighted by Gasteiger charge is 2.31. The molecule has 4 nitrogen and oxygen atoms in total. The highest BCUT2D eigenvalue weighted by molar-refractivity contribution is 5.75. The second-order valence-corrected chi connectivity index (χ2v) is 2.94. The standard InChI is InChI=1S/C9H8F3NO3/c10-9(11,12)16-6-3-1-2-5(4-6)7(13)8(14)15/h1-4,7H,13H2,(H,14,15). The zero-order chi connectivity index (χ0) is 12.3. The molecular weight excluding hydrogens is 227 g/mol. The van der Waals surface area contributed by atoms with Gasteiger partial charge in [-0.25, -0.2) is 0 Å². The topological polar surface area (TPSA) is 72.6 Å². The molecule has 0 aliphatic heterocycles. The highest BCUT2D eigenvalue weighted by atomic mass is 19.4. The minimum Gasteiger partial charge on any atom is -0.480 e. The summed E-state index contributed by atoms with van der Waals surface area (Å²) in [5.41, 5.74) is 5.27. The van der Waals surface area contributed by atoms with Gasteiger partial charge in [0.2, 0.25) is 0 Å². The van der Waals surface area contributed by atoms with Gasteiger partial charge < -0.3 is 15.6 Å². The minimum atomic E-state index is -4.81. The molecule has 16 heavy (non-hydrogen) atoms. The lowest BCUT2D eigenvalue weighted by Gasteiger charge is -2.11. The van der Waals surface area contributed by atoms with Gasteiger partial charge in [-0.05, 0) is 17.7 Å². The van der Waals surface area contributed by atoms with Crippen LogP contribution >= 0.6 is 0 Å². The van der Waals surface area contributed by atoms with Crippen molar-refractivity contribution in [1.82, 2.24) is 0 Å². The molecule has 0 saturated heterocycles. The predicted octanol–water partition coefficient (Wildman–Crippen LogP) is 1.67. The van der Waals surface area contributed by atoms with Crippen LogP contribution in [0.4, 0.5) is 13.2 Å². The predicted molar refractivity (Wildman–Crippen MR) is 47.7 cm³/mol. The summed E-state index contributed by atoms with van der Waals surface area (Å²) >= 11 is 0. The molecule has 0 radical (unpaired) electrons. The van der Waals surface area contributed by atoms with Crippen LogP contribution in [0.5, 0.6) is 5.75 Å². The molecule has 7 heteroatoms. The molecule has 0 aliphatic rings. The summed E-state index contributed by atoms with van der Waals surface area (Å²) in [5, 5.41) is 8.57. The van der Waals surface area contributed by atoms with Crippen molar-refractivity contribution in [2.45, 2.75) is 12.4 Å². The number of aliphatic carboxylic acids is 1. The maximum absolute atomic E-state index is 11.9. The number of ether oxygens (including phenoxy) is 1. The van der Waals surface area contributed by atoms with Crippen LogP contribution in [0.1, 0.15) is 11.6 Å². The molecule has 0 heterocycles. The number of carbonyl (C=O) groups is 1. The number of nitrogens with two attached hydrogens (primary N) is 1. The molecule has 0 spiro atoms. The zero-order valence-electron chi connectivity index (χ0n) is 7.86. The minimum absolute atomic E-state index is 0.0363. The molecule has 0 fully saturated rings. The first kappa shape index (κ1) is 12.3. The van der Waals surface area contributed by atoms with E-state index in [-0.39, 0.29) is 5.56 Å². The fraction of sp³-hybridized carbons (Fsp3) is 0.222. The Morgan fingerprint density at radius 2 is 2.06 bits per heavy atom. The van der Waals surface area contributed by atoms with Crippen molar-refractivity contribution in [2.24, 2.45) is 5.73 Å². The lowest BCUT2D eigenvalue weighted by molar-refractivity contribution is -0.274. The van der Waals surface area contributed by atoms with Crippen molar-refractivity contribution < 1.29 is 27.8 Å². The molecule has 1 aromatic carbocycles. The van der Waals surface area contributed by atoms with E-state index in [0.29, 0.717) is 0 Å². The third kappa shape index (κ3) is 3.43. The summed E-state index contributed by atoms with van der Waals surface area (Å²) in [7, 11) is 0. The molecule has 0 aliphatic carbocycles. The lowest BCUT2D eigenvalue weighted by Crippen LogP contribution is -2.21. The Morgan fingerprint density at radius 1 is 1.44 bits per heavy atom. The van der Waals surface area contributed by atoms with E-state index >= 15 is 0 Å². The van der Waals surface area contributed by atoms with Crippen LogP contribution in [0.15, 0.2) is 24.3 Å². The third-order valence-corrected chi connectivity index (χ3v) is 1.72. The molecule has 1 atom stereocenters. The molecule has 0 aromatic heterocycles. The van der Waals surface area contributed by atoms with Gasteiger partial charge in [0.05, 0.1) is 0 Å². The highest BCUT2D eigenvalue weighted by Crippen LogP contribution is 2.24. The van der Waals surface area contributed by atoms with Crippen LogP contribution in [0.25, 0.3) is 0 Å². The number of rotatable bonds is 3. The summed E-state index contributed by atoms with van der Waals surface area (Å²) in [4.78, 5) is 10.5. The van der Waals surface area contributed by atoms with E-state index in [4.69, 9.17) is 10.8 Å². The maximum atomic E-state index is 11.9. The van der Waals surface area contributed by atoms with Crippen molar-refractivity contribution in [3.8, 4) is 5.75 Å². The monoisotopic (exact) mass is 235 g/mol. The molecular formula is C9H8F3NO3. The van der Waals surface area contributed by atoms with Crippen LogP contribution < -0.4 is 10.5 Å². The molecule has 0 amide bonds. The second kappa shape index (κ2) is 4.40. The van der Waals surface area contributed by atoms with Gasteiger partial charge in [-0.1, -0.05) is 12.1 Å². The van der Waals surface area contributed by atoms with Crippen molar-refractivity contribution >= 4 is 5.97 Å². The van der Waals surface area contributed by atoms with Crippen LogP contribution in [0.2, 0.25) is 0 Å². The van der Waals surface area contributed by atoms with Gasteiger partial charge in [0.25, 0.3) is 0 Å². The molecule has 1 rings (SSSR count). The van der Waals surface area contributed by atoms with Gasteiger partial charge in [0.15, 0.2) is 0 Å². The smallest absolute Gasteiger partial charge is 0.480 e. The zero-order valence-corrected chi connectivity index (χ0v) is 7.86. The third-order valence-electron chi connectivity index (χ3n) is 1.72. The van der Waals surface area contributed by atoms with Gasteiger partial charge in [0, 0.05) is 0 Å². The number of hydrogen-bond donors (Lipinski definition) is 2. The first-order valence-corrected chi connectivity index (χ1v) is 4.13. The normalized spacial score (nSPS) is 13.2. The molecule has 0 saturated carbocycles. The molecule has 1 aromatic rings. The van der Waals surface area contributed by atoms with E-state index in [9.17, 15) is 18.0 Å².